The van der Waals surface area contributed by atoms with Crippen LogP contribution in [0.15, 0.2) is 53.4 Å². The van der Waals surface area contributed by atoms with Gasteiger partial charge in [-0.15, -0.1) is 0 Å². The Bertz CT molecular complexity index is 1210. The third-order valence-corrected chi connectivity index (χ3v) is 6.43. The van der Waals surface area contributed by atoms with Gasteiger partial charge in [0.05, 0.1) is 23.0 Å². The summed E-state index contributed by atoms with van der Waals surface area (Å²) in [7, 11) is -3.90. The average Bonchev–Trinajstić information content (AvgIpc) is 2.93. The highest BCUT2D eigenvalue weighted by molar-refractivity contribution is 7.93. The minimum Gasteiger partial charge on any atom is -0.481 e. The van der Waals surface area contributed by atoms with E-state index in [2.05, 4.69) is 17.3 Å². The number of hydrogen-bond donors (Lipinski definition) is 2. The molecule has 0 bridgehead atoms. The van der Waals surface area contributed by atoms with E-state index >= 15 is 0 Å². The summed E-state index contributed by atoms with van der Waals surface area (Å²) in [4.78, 5) is 23.0. The number of rotatable bonds is 5. The molecule has 1 amide bonds. The molecule has 1 atom stereocenters. The Kier molecular flexibility index (Phi) is 6.84. The average molecular weight is 473 g/mol. The van der Waals surface area contributed by atoms with Crippen molar-refractivity contribution in [1.82, 2.24) is 5.32 Å². The molecule has 33 heavy (non-hydrogen) atoms. The number of ether oxygens (including phenoxy) is 2. The molecule has 2 N–H and O–H groups in total. The second kappa shape index (κ2) is 9.42. The molecule has 2 aromatic rings. The first-order valence-electron chi connectivity index (χ1n) is 10.0. The largest absolute Gasteiger partial charge is 0.481 e. The van der Waals surface area contributed by atoms with Crippen molar-refractivity contribution < 1.29 is 32.6 Å². The number of amides is 1. The summed E-state index contributed by atoms with van der Waals surface area (Å²) in [5.41, 5.74) is 0.146. The van der Waals surface area contributed by atoms with Crippen LogP contribution in [-0.4, -0.2) is 37.8 Å². The zero-order chi connectivity index (χ0) is 24.2. The number of fused-ring (bicyclic) bond motifs is 1. The van der Waals surface area contributed by atoms with Gasteiger partial charge >= 0.3 is 12.1 Å². The number of carbonyl (C=O) groups is 2. The van der Waals surface area contributed by atoms with Gasteiger partial charge in [0, 0.05) is 6.04 Å². The number of alkyl carbamates (subject to hydrolysis) is 1. The van der Waals surface area contributed by atoms with E-state index in [1.807, 2.05) is 0 Å². The number of carboxylic acids is 1. The van der Waals surface area contributed by atoms with Crippen LogP contribution >= 0.6 is 0 Å². The van der Waals surface area contributed by atoms with E-state index in [0.717, 1.165) is 4.31 Å². The Morgan fingerprint density at radius 3 is 2.42 bits per heavy atom. The second-order valence-corrected chi connectivity index (χ2v) is 9.95. The highest BCUT2D eigenvalue weighted by Crippen LogP contribution is 2.44. The Morgan fingerprint density at radius 1 is 1.12 bits per heavy atom. The molecule has 0 radical (unpaired) electrons. The molecule has 1 heterocycles. The van der Waals surface area contributed by atoms with E-state index < -0.39 is 33.7 Å². The zero-order valence-corrected chi connectivity index (χ0v) is 19.2. The molecule has 2 aromatic carbocycles. The van der Waals surface area contributed by atoms with E-state index in [0.29, 0.717) is 17.0 Å². The molecule has 174 valence electrons. The van der Waals surface area contributed by atoms with Crippen LogP contribution in [-0.2, 0) is 19.6 Å². The Balaban J connectivity index is 1.69. The molecule has 9 nitrogen and oxygen atoms in total. The fourth-order valence-corrected chi connectivity index (χ4v) is 5.20. The Labute approximate surface area is 192 Å². The highest BCUT2D eigenvalue weighted by atomic mass is 32.2. The number of carboxylic acid groups (broad SMARTS) is 1. The van der Waals surface area contributed by atoms with Crippen molar-refractivity contribution in [3.63, 3.8) is 0 Å². The van der Waals surface area contributed by atoms with Crippen LogP contribution in [0.2, 0.25) is 0 Å². The zero-order valence-electron chi connectivity index (χ0n) is 18.4. The van der Waals surface area contributed by atoms with Crippen molar-refractivity contribution in [1.29, 1.82) is 0 Å². The molecule has 1 unspecified atom stereocenters. The first kappa shape index (κ1) is 23.9. The van der Waals surface area contributed by atoms with Crippen LogP contribution < -0.4 is 14.4 Å². The fourth-order valence-electron chi connectivity index (χ4n) is 3.31. The molecular weight excluding hydrogens is 448 g/mol. The molecule has 1 aliphatic heterocycles. The normalized spacial score (nSPS) is 16.2. The lowest BCUT2D eigenvalue weighted by Gasteiger charge is -2.24. The van der Waals surface area contributed by atoms with Crippen LogP contribution in [0.4, 0.5) is 10.5 Å². The standard InChI is InChI=1S/C23H24N2O7S/c1-23(2,3)32-22(28)24-13-6-14-31-17-11-9-16(10-12-17)25-19(15-21(26)27)18-7-4-5-8-20(18)33(25,29)30/h4-5,7-12,19H,14-15H2,1-3H3,(H,24,28)(H,26,27). The monoisotopic (exact) mass is 472 g/mol. The van der Waals surface area contributed by atoms with Gasteiger partial charge in [0.25, 0.3) is 10.0 Å². The summed E-state index contributed by atoms with van der Waals surface area (Å²) < 4.78 is 37.8. The highest BCUT2D eigenvalue weighted by Gasteiger charge is 2.43. The number of nitrogens with zero attached hydrogens (tertiary/aromatic N) is 1. The fraction of sp³-hybridized carbons (Fsp3) is 0.304. The van der Waals surface area contributed by atoms with Crippen LogP contribution in [0, 0.1) is 12.0 Å². The number of carbonyl (C=O) groups excluding carboxylic acids is 1. The SMILES string of the molecule is CC(C)(C)OC(=O)NC#CCOc1ccc(N2C(CC(=O)O)c3ccccc3S2(=O)=O)cc1. The minimum atomic E-state index is -3.90. The summed E-state index contributed by atoms with van der Waals surface area (Å²) >= 11 is 0. The first-order chi connectivity index (χ1) is 15.5. The summed E-state index contributed by atoms with van der Waals surface area (Å²) in [5.74, 6) is 1.94. The van der Waals surface area contributed by atoms with Crippen LogP contribution in [0.5, 0.6) is 5.75 Å². The van der Waals surface area contributed by atoms with E-state index in [1.54, 1.807) is 63.2 Å². The Hall–Kier alpha value is -3.71. The smallest absolute Gasteiger partial charge is 0.419 e. The lowest BCUT2D eigenvalue weighted by atomic mass is 10.0. The number of benzene rings is 2. The number of aliphatic carboxylic acids is 1. The second-order valence-electron chi connectivity index (χ2n) is 8.16. The van der Waals surface area contributed by atoms with E-state index in [4.69, 9.17) is 9.47 Å². The van der Waals surface area contributed by atoms with Gasteiger partial charge in [-0.1, -0.05) is 18.2 Å². The summed E-state index contributed by atoms with van der Waals surface area (Å²) in [6.45, 7) is 5.19. The third kappa shape index (κ3) is 5.75. The predicted octanol–water partition coefficient (Wildman–Crippen LogP) is 3.28. The number of hydrogen-bond acceptors (Lipinski definition) is 6. The Morgan fingerprint density at radius 2 is 1.79 bits per heavy atom. The van der Waals surface area contributed by atoms with Crippen LogP contribution in [0.1, 0.15) is 38.8 Å². The van der Waals surface area contributed by atoms with Crippen LogP contribution in [0.3, 0.4) is 0 Å². The maximum atomic E-state index is 13.1. The van der Waals surface area contributed by atoms with Gasteiger partial charge in [0.15, 0.2) is 6.61 Å². The minimum absolute atomic E-state index is 0.0236. The molecule has 0 saturated carbocycles. The molecule has 0 aliphatic carbocycles. The first-order valence-corrected chi connectivity index (χ1v) is 11.5. The van der Waals surface area contributed by atoms with E-state index in [9.17, 15) is 23.1 Å². The van der Waals surface area contributed by atoms with Crippen molar-refractivity contribution in [3.05, 3.63) is 54.1 Å². The molecule has 10 heteroatoms. The number of anilines is 1. The van der Waals surface area contributed by atoms with Gasteiger partial charge < -0.3 is 14.6 Å². The van der Waals surface area contributed by atoms with Crippen molar-refractivity contribution in [2.45, 2.75) is 43.7 Å². The van der Waals surface area contributed by atoms with Crippen molar-refractivity contribution in [3.8, 4) is 17.7 Å². The summed E-state index contributed by atoms with van der Waals surface area (Å²) in [6, 6.07) is 14.2. The quantitative estimate of drug-likeness (QED) is 0.506. The topological polar surface area (TPSA) is 122 Å². The van der Waals surface area contributed by atoms with Gasteiger partial charge in [0.2, 0.25) is 0 Å². The maximum Gasteiger partial charge on any atom is 0.419 e. The van der Waals surface area contributed by atoms with Crippen molar-refractivity contribution in [2.75, 3.05) is 10.9 Å². The lowest BCUT2D eigenvalue weighted by molar-refractivity contribution is -0.137. The maximum absolute atomic E-state index is 13.1. The molecule has 1 aliphatic rings. The number of sulfonamides is 1. The molecule has 0 aromatic heterocycles. The van der Waals surface area contributed by atoms with E-state index in [1.165, 1.54) is 6.07 Å². The summed E-state index contributed by atoms with van der Waals surface area (Å²) in [5, 5.41) is 11.6. The van der Waals surface area contributed by atoms with Gasteiger partial charge in [-0.05, 0) is 62.6 Å². The van der Waals surface area contributed by atoms with Crippen LogP contribution in [0.25, 0.3) is 0 Å². The van der Waals surface area contributed by atoms with Crippen molar-refractivity contribution >= 4 is 27.8 Å². The lowest BCUT2D eigenvalue weighted by Crippen LogP contribution is -2.30. The van der Waals surface area contributed by atoms with Gasteiger partial charge in [-0.3, -0.25) is 9.10 Å². The van der Waals surface area contributed by atoms with E-state index in [-0.39, 0.29) is 17.9 Å². The van der Waals surface area contributed by atoms with Crippen molar-refractivity contribution in [2.24, 2.45) is 0 Å². The molecule has 0 fully saturated rings. The van der Waals surface area contributed by atoms with Gasteiger partial charge in [-0.25, -0.2) is 18.5 Å². The summed E-state index contributed by atoms with van der Waals surface area (Å²) in [6.07, 6.45) is -1.03. The molecule has 3 rings (SSSR count). The van der Waals surface area contributed by atoms with Gasteiger partial charge in [-0.2, -0.15) is 0 Å². The van der Waals surface area contributed by atoms with Gasteiger partial charge in [0.1, 0.15) is 11.4 Å². The molecule has 0 spiro atoms. The molecular formula is C23H24N2O7S. The molecule has 0 saturated heterocycles. The number of nitrogens with one attached hydrogen (secondary N) is 1. The predicted molar refractivity (Wildman–Crippen MR) is 120 cm³/mol. The third-order valence-electron chi connectivity index (χ3n) is 4.52.